The Morgan fingerprint density at radius 3 is 1.69 bits per heavy atom. The van der Waals surface area contributed by atoms with Crippen molar-refractivity contribution >= 4 is 11.9 Å². The van der Waals surface area contributed by atoms with Crippen molar-refractivity contribution < 1.29 is 24.2 Å². The Labute approximate surface area is 93.6 Å². The molecule has 1 aromatic carbocycles. The first-order chi connectivity index (χ1) is 7.69. The standard InChI is InChI=1S/C10H10O4.CH4O/c1-13-9(11)7-4-3-5-8(6-7)10(12)14-2;1-2/h3-6H,1-2H3;2H,1H3. The molecule has 5 nitrogen and oxygen atoms in total. The Morgan fingerprint density at radius 2 is 1.38 bits per heavy atom. The largest absolute Gasteiger partial charge is 0.465 e. The average molecular weight is 226 g/mol. The highest BCUT2D eigenvalue weighted by Gasteiger charge is 2.09. The quantitative estimate of drug-likeness (QED) is 0.757. The Hall–Kier alpha value is -1.88. The number of ether oxygens (including phenoxy) is 2. The molecule has 0 aliphatic rings. The van der Waals surface area contributed by atoms with Crippen LogP contribution in [0.5, 0.6) is 0 Å². The Bertz CT molecular complexity index is 328. The third kappa shape index (κ3) is 3.70. The van der Waals surface area contributed by atoms with Gasteiger partial charge >= 0.3 is 11.9 Å². The minimum Gasteiger partial charge on any atom is -0.465 e. The van der Waals surface area contributed by atoms with Gasteiger partial charge in [-0.3, -0.25) is 0 Å². The first-order valence-electron chi connectivity index (χ1n) is 4.40. The molecule has 0 spiro atoms. The minimum atomic E-state index is -0.476. The number of carbonyl (C=O) groups excluding carboxylic acids is 2. The molecule has 0 bridgehead atoms. The molecule has 1 aromatic rings. The van der Waals surface area contributed by atoms with Crippen LogP contribution in [0.4, 0.5) is 0 Å². The van der Waals surface area contributed by atoms with E-state index in [4.69, 9.17) is 5.11 Å². The van der Waals surface area contributed by atoms with Gasteiger partial charge in [-0.15, -0.1) is 0 Å². The molecule has 88 valence electrons. The second-order valence-corrected chi connectivity index (χ2v) is 2.56. The lowest BCUT2D eigenvalue weighted by Gasteiger charge is -2.01. The third-order valence-electron chi connectivity index (χ3n) is 1.70. The monoisotopic (exact) mass is 226 g/mol. The van der Waals surface area contributed by atoms with Crippen LogP contribution < -0.4 is 0 Å². The van der Waals surface area contributed by atoms with Crippen molar-refractivity contribution in [2.75, 3.05) is 21.3 Å². The van der Waals surface area contributed by atoms with Gasteiger partial charge in [-0.25, -0.2) is 9.59 Å². The zero-order valence-corrected chi connectivity index (χ0v) is 9.39. The second kappa shape index (κ2) is 7.42. The number of benzene rings is 1. The van der Waals surface area contributed by atoms with E-state index < -0.39 is 11.9 Å². The molecule has 0 saturated heterocycles. The summed E-state index contributed by atoms with van der Waals surface area (Å²) in [4.78, 5) is 22.2. The van der Waals surface area contributed by atoms with Crippen molar-refractivity contribution in [2.45, 2.75) is 0 Å². The van der Waals surface area contributed by atoms with Gasteiger partial charge in [0.1, 0.15) is 0 Å². The van der Waals surface area contributed by atoms with Crippen molar-refractivity contribution in [1.29, 1.82) is 0 Å². The van der Waals surface area contributed by atoms with Gasteiger partial charge in [0.05, 0.1) is 25.3 Å². The van der Waals surface area contributed by atoms with Crippen molar-refractivity contribution in [2.24, 2.45) is 0 Å². The number of hydrogen-bond donors (Lipinski definition) is 1. The number of hydrogen-bond acceptors (Lipinski definition) is 5. The maximum Gasteiger partial charge on any atom is 0.337 e. The highest BCUT2D eigenvalue weighted by Crippen LogP contribution is 2.07. The van der Waals surface area contributed by atoms with Gasteiger partial charge in [-0.1, -0.05) is 6.07 Å². The molecule has 0 aliphatic carbocycles. The molecule has 0 heterocycles. The molecule has 16 heavy (non-hydrogen) atoms. The molecular weight excluding hydrogens is 212 g/mol. The summed E-state index contributed by atoms with van der Waals surface area (Å²) in [6.45, 7) is 0. The third-order valence-corrected chi connectivity index (χ3v) is 1.70. The summed E-state index contributed by atoms with van der Waals surface area (Å²) in [6.07, 6.45) is 0. The number of methoxy groups -OCH3 is 2. The summed E-state index contributed by atoms with van der Waals surface area (Å²) in [6, 6.07) is 6.16. The van der Waals surface area contributed by atoms with E-state index >= 15 is 0 Å². The van der Waals surface area contributed by atoms with Crippen LogP contribution in [0.3, 0.4) is 0 Å². The van der Waals surface area contributed by atoms with Crippen molar-refractivity contribution in [3.8, 4) is 0 Å². The average Bonchev–Trinajstić information content (AvgIpc) is 2.39. The summed E-state index contributed by atoms with van der Waals surface area (Å²) >= 11 is 0. The number of aliphatic hydroxyl groups excluding tert-OH is 1. The summed E-state index contributed by atoms with van der Waals surface area (Å²) in [5.41, 5.74) is 0.658. The molecule has 1 rings (SSSR count). The molecule has 0 fully saturated rings. The number of rotatable bonds is 2. The van der Waals surface area contributed by atoms with Crippen LogP contribution in [0.2, 0.25) is 0 Å². The fourth-order valence-corrected chi connectivity index (χ4v) is 1.01. The lowest BCUT2D eigenvalue weighted by atomic mass is 10.1. The van der Waals surface area contributed by atoms with Crippen LogP contribution in [0.25, 0.3) is 0 Å². The maximum atomic E-state index is 11.1. The molecule has 0 aliphatic heterocycles. The first kappa shape index (κ1) is 14.1. The predicted molar refractivity (Wildman–Crippen MR) is 57.3 cm³/mol. The molecule has 0 unspecified atom stereocenters. The smallest absolute Gasteiger partial charge is 0.337 e. The molecule has 0 atom stereocenters. The van der Waals surface area contributed by atoms with Gasteiger partial charge in [0.15, 0.2) is 0 Å². The lowest BCUT2D eigenvalue weighted by molar-refractivity contribution is 0.0599. The number of aliphatic hydroxyl groups is 1. The van der Waals surface area contributed by atoms with E-state index in [0.29, 0.717) is 11.1 Å². The normalized spacial score (nSPS) is 8.50. The summed E-state index contributed by atoms with van der Waals surface area (Å²) in [5.74, 6) is -0.952. The second-order valence-electron chi connectivity index (χ2n) is 2.56. The molecule has 1 N–H and O–H groups in total. The van der Waals surface area contributed by atoms with E-state index in [1.54, 1.807) is 18.2 Å². The van der Waals surface area contributed by atoms with Crippen LogP contribution in [-0.2, 0) is 9.47 Å². The van der Waals surface area contributed by atoms with Gasteiger partial charge in [0, 0.05) is 7.11 Å². The molecule has 0 amide bonds. The highest BCUT2D eigenvalue weighted by molar-refractivity contribution is 5.95. The highest BCUT2D eigenvalue weighted by atomic mass is 16.5. The van der Waals surface area contributed by atoms with E-state index in [2.05, 4.69) is 9.47 Å². The molecule has 0 aromatic heterocycles. The molecular formula is C11H14O5. The minimum absolute atomic E-state index is 0.329. The van der Waals surface area contributed by atoms with E-state index in [-0.39, 0.29) is 0 Å². The summed E-state index contributed by atoms with van der Waals surface area (Å²) in [7, 11) is 3.57. The van der Waals surface area contributed by atoms with Crippen LogP contribution in [0, 0.1) is 0 Å². The molecule has 5 heteroatoms. The fraction of sp³-hybridized carbons (Fsp3) is 0.273. The molecule has 0 saturated carbocycles. The maximum absolute atomic E-state index is 11.1. The Morgan fingerprint density at radius 1 is 1.00 bits per heavy atom. The van der Waals surface area contributed by atoms with E-state index in [1.807, 2.05) is 0 Å². The zero-order valence-electron chi connectivity index (χ0n) is 9.39. The first-order valence-corrected chi connectivity index (χ1v) is 4.40. The van der Waals surface area contributed by atoms with Crippen LogP contribution >= 0.6 is 0 Å². The van der Waals surface area contributed by atoms with Crippen molar-refractivity contribution in [1.82, 2.24) is 0 Å². The van der Waals surface area contributed by atoms with E-state index in [9.17, 15) is 9.59 Å². The van der Waals surface area contributed by atoms with E-state index in [1.165, 1.54) is 20.3 Å². The SMILES string of the molecule is CO.COC(=O)c1cccc(C(=O)OC)c1. The summed E-state index contributed by atoms with van der Waals surface area (Å²) in [5, 5.41) is 7.00. The van der Waals surface area contributed by atoms with Crippen LogP contribution in [0.1, 0.15) is 20.7 Å². The Balaban J connectivity index is 0.00000106. The zero-order chi connectivity index (χ0) is 12.6. The van der Waals surface area contributed by atoms with Gasteiger partial charge in [0.25, 0.3) is 0 Å². The van der Waals surface area contributed by atoms with Gasteiger partial charge in [0.2, 0.25) is 0 Å². The molecule has 0 radical (unpaired) electrons. The van der Waals surface area contributed by atoms with E-state index in [0.717, 1.165) is 7.11 Å². The lowest BCUT2D eigenvalue weighted by Crippen LogP contribution is -2.05. The Kier molecular flexibility index (Phi) is 6.55. The van der Waals surface area contributed by atoms with Crippen molar-refractivity contribution in [3.05, 3.63) is 35.4 Å². The summed E-state index contributed by atoms with van der Waals surface area (Å²) < 4.78 is 9.03. The predicted octanol–water partition coefficient (Wildman–Crippen LogP) is 0.868. The van der Waals surface area contributed by atoms with Gasteiger partial charge in [-0.2, -0.15) is 0 Å². The van der Waals surface area contributed by atoms with Gasteiger partial charge in [-0.05, 0) is 18.2 Å². The topological polar surface area (TPSA) is 72.8 Å². The van der Waals surface area contributed by atoms with Crippen LogP contribution in [0.15, 0.2) is 24.3 Å². The number of esters is 2. The van der Waals surface area contributed by atoms with Crippen LogP contribution in [-0.4, -0.2) is 38.4 Å². The van der Waals surface area contributed by atoms with Crippen molar-refractivity contribution in [3.63, 3.8) is 0 Å². The van der Waals surface area contributed by atoms with Gasteiger partial charge < -0.3 is 14.6 Å². The number of carbonyl (C=O) groups is 2. The fourth-order valence-electron chi connectivity index (χ4n) is 1.01.